The van der Waals surface area contributed by atoms with Crippen molar-refractivity contribution in [1.29, 1.82) is 0 Å². The van der Waals surface area contributed by atoms with Crippen LogP contribution in [0.3, 0.4) is 0 Å². The number of rotatable bonds is 7. The molecule has 0 aliphatic carbocycles. The smallest absolute Gasteiger partial charge is 0.275 e. The number of carbonyl (C=O) groups excluding carboxylic acids is 1. The average molecular weight is 409 g/mol. The van der Waals surface area contributed by atoms with Gasteiger partial charge in [-0.15, -0.1) is 11.3 Å². The number of amides is 1. The lowest BCUT2D eigenvalue weighted by molar-refractivity contribution is -0.129. The summed E-state index contributed by atoms with van der Waals surface area (Å²) in [5, 5.41) is 7.71. The summed E-state index contributed by atoms with van der Waals surface area (Å²) in [7, 11) is 0. The second kappa shape index (κ2) is 9.05. The minimum Gasteiger partial charge on any atom is -0.360 e. The Morgan fingerprint density at radius 1 is 1.04 bits per heavy atom. The van der Waals surface area contributed by atoms with Crippen LogP contribution in [0.5, 0.6) is 0 Å². The minimum absolute atomic E-state index is 0.00282. The lowest BCUT2D eigenvalue weighted by atomic mass is 10.2. The second-order valence-corrected chi connectivity index (χ2v) is 8.16. The van der Waals surface area contributed by atoms with Crippen molar-refractivity contribution in [3.05, 3.63) is 88.3 Å². The Hall–Kier alpha value is -2.61. The quantitative estimate of drug-likeness (QED) is 0.449. The Kier molecular flexibility index (Phi) is 6.06. The topological polar surface area (TPSA) is 57.3 Å². The van der Waals surface area contributed by atoms with E-state index in [9.17, 15) is 4.79 Å². The highest BCUT2D eigenvalue weighted by Gasteiger charge is 2.37. The van der Waals surface area contributed by atoms with Crippen LogP contribution in [0.2, 0.25) is 0 Å². The monoisotopic (exact) mass is 408 g/mol. The molecule has 1 fully saturated rings. The summed E-state index contributed by atoms with van der Waals surface area (Å²) in [5.74, 6) is -0.00282. The summed E-state index contributed by atoms with van der Waals surface area (Å²) in [6.07, 6.45) is 3.73. The van der Waals surface area contributed by atoms with Gasteiger partial charge in [-0.25, -0.2) is 10.4 Å². The van der Waals surface area contributed by atoms with E-state index in [1.54, 1.807) is 34.3 Å². The van der Waals surface area contributed by atoms with E-state index >= 15 is 0 Å². The molecule has 1 saturated heterocycles. The number of thiazole rings is 1. The number of nitrogens with one attached hydrogen (secondary N) is 2. The molecule has 28 heavy (non-hydrogen) atoms. The molecule has 1 aliphatic heterocycles. The number of nitrogens with zero attached hydrogens (tertiary/aromatic N) is 2. The summed E-state index contributed by atoms with van der Waals surface area (Å²) in [6, 6.07) is 20.0. The van der Waals surface area contributed by atoms with Crippen molar-refractivity contribution in [1.82, 2.24) is 15.4 Å². The fraction of sp³-hybridized carbons (Fsp3) is 0.143. The number of aromatic nitrogens is 1. The van der Waals surface area contributed by atoms with Gasteiger partial charge in [-0.1, -0.05) is 72.4 Å². The lowest BCUT2D eigenvalue weighted by Gasteiger charge is -2.24. The maximum absolute atomic E-state index is 13.1. The van der Waals surface area contributed by atoms with Crippen LogP contribution in [0.1, 0.15) is 16.5 Å². The van der Waals surface area contributed by atoms with E-state index in [0.29, 0.717) is 13.1 Å². The molecule has 142 valence electrons. The molecule has 1 atom stereocenters. The lowest BCUT2D eigenvalue weighted by Crippen LogP contribution is -2.42. The zero-order chi connectivity index (χ0) is 19.2. The van der Waals surface area contributed by atoms with E-state index < -0.39 is 0 Å². The second-order valence-electron chi connectivity index (χ2n) is 6.15. The van der Waals surface area contributed by atoms with Gasteiger partial charge in [0.05, 0.1) is 4.91 Å². The van der Waals surface area contributed by atoms with Gasteiger partial charge in [-0.05, 0) is 17.2 Å². The molecule has 1 aromatic heterocycles. The molecule has 7 heteroatoms. The molecule has 1 amide bonds. The van der Waals surface area contributed by atoms with Crippen LogP contribution in [-0.4, -0.2) is 29.0 Å². The molecule has 2 N–H and O–H groups in total. The normalized spacial score (nSPS) is 18.0. The maximum atomic E-state index is 13.1. The highest BCUT2D eigenvalue weighted by Crippen LogP contribution is 2.44. The van der Waals surface area contributed by atoms with Crippen LogP contribution in [0.4, 0.5) is 5.13 Å². The number of hydrogen-bond donors (Lipinski definition) is 2. The predicted molar refractivity (Wildman–Crippen MR) is 117 cm³/mol. The fourth-order valence-corrected chi connectivity index (χ4v) is 4.66. The molecule has 3 aromatic rings. The zero-order valence-corrected chi connectivity index (χ0v) is 16.7. The Balaban J connectivity index is 1.49. The molecular weight excluding hydrogens is 388 g/mol. The van der Waals surface area contributed by atoms with E-state index in [-0.39, 0.29) is 11.3 Å². The first-order chi connectivity index (χ1) is 13.8. The van der Waals surface area contributed by atoms with Gasteiger partial charge in [0.15, 0.2) is 5.13 Å². The molecule has 0 radical (unpaired) electrons. The Morgan fingerprint density at radius 3 is 2.50 bits per heavy atom. The van der Waals surface area contributed by atoms with Crippen LogP contribution in [0.15, 0.2) is 77.1 Å². The van der Waals surface area contributed by atoms with Gasteiger partial charge >= 0.3 is 0 Å². The van der Waals surface area contributed by atoms with Crippen molar-refractivity contribution >= 4 is 40.2 Å². The zero-order valence-electron chi connectivity index (χ0n) is 15.1. The van der Waals surface area contributed by atoms with E-state index in [2.05, 4.69) is 27.9 Å². The number of hydrazine groups is 1. The molecule has 0 bridgehead atoms. The number of thioether (sulfide) groups is 1. The molecule has 4 rings (SSSR count). The number of benzene rings is 2. The van der Waals surface area contributed by atoms with Gasteiger partial charge in [0.2, 0.25) is 0 Å². The highest BCUT2D eigenvalue weighted by atomic mass is 32.2. The molecule has 1 aliphatic rings. The molecular formula is C21H20N4OS2. The largest absolute Gasteiger partial charge is 0.360 e. The summed E-state index contributed by atoms with van der Waals surface area (Å²) < 4.78 is 0. The summed E-state index contributed by atoms with van der Waals surface area (Å²) in [5.41, 5.74) is 5.42. The fourth-order valence-electron chi connectivity index (χ4n) is 2.89. The van der Waals surface area contributed by atoms with E-state index in [1.165, 1.54) is 0 Å². The third-order valence-corrected chi connectivity index (χ3v) is 6.18. The van der Waals surface area contributed by atoms with Crippen molar-refractivity contribution in [3.63, 3.8) is 0 Å². The Bertz CT molecular complexity index is 930. The van der Waals surface area contributed by atoms with Gasteiger partial charge in [0, 0.05) is 24.7 Å². The van der Waals surface area contributed by atoms with E-state index in [1.807, 2.05) is 60.0 Å². The predicted octanol–water partition coefficient (Wildman–Crippen LogP) is 4.37. The average Bonchev–Trinajstić information content (AvgIpc) is 3.36. The third-order valence-electron chi connectivity index (χ3n) is 4.20. The first-order valence-corrected chi connectivity index (χ1v) is 10.8. The Morgan fingerprint density at radius 2 is 1.79 bits per heavy atom. The molecule has 0 saturated carbocycles. The SMILES string of the molecule is O=C1/C(=C\c2ccccc2)SC(c2ccccc2)N1NCCNc1nccs1. The minimum atomic E-state index is -0.0940. The third kappa shape index (κ3) is 4.44. The van der Waals surface area contributed by atoms with E-state index in [4.69, 9.17) is 0 Å². The maximum Gasteiger partial charge on any atom is 0.275 e. The van der Waals surface area contributed by atoms with Gasteiger partial charge in [-0.2, -0.15) is 0 Å². The first kappa shape index (κ1) is 18.7. The van der Waals surface area contributed by atoms with Crippen molar-refractivity contribution in [3.8, 4) is 0 Å². The number of anilines is 1. The first-order valence-electron chi connectivity index (χ1n) is 9.00. The highest BCUT2D eigenvalue weighted by molar-refractivity contribution is 8.04. The van der Waals surface area contributed by atoms with Crippen LogP contribution < -0.4 is 10.7 Å². The summed E-state index contributed by atoms with van der Waals surface area (Å²) >= 11 is 3.14. The van der Waals surface area contributed by atoms with Crippen molar-refractivity contribution in [2.45, 2.75) is 5.37 Å². The molecule has 0 spiro atoms. The molecule has 5 nitrogen and oxygen atoms in total. The molecule has 2 aromatic carbocycles. The number of hydrogen-bond acceptors (Lipinski definition) is 6. The van der Waals surface area contributed by atoms with Gasteiger partial charge in [0.25, 0.3) is 5.91 Å². The van der Waals surface area contributed by atoms with Crippen LogP contribution in [0, 0.1) is 0 Å². The van der Waals surface area contributed by atoms with Gasteiger partial charge < -0.3 is 5.32 Å². The molecule has 1 unspecified atom stereocenters. The van der Waals surface area contributed by atoms with E-state index in [0.717, 1.165) is 21.2 Å². The standard InChI is InChI=1S/C21H20N4OS2/c26-19-18(15-16-7-3-1-4-8-16)28-20(17-9-5-2-6-10-17)25(19)24-12-11-22-21-23-13-14-27-21/h1-10,13-15,20,24H,11-12H2,(H,22,23)/b18-15+. The van der Waals surface area contributed by atoms with Gasteiger partial charge in [-0.3, -0.25) is 9.80 Å². The number of carbonyl (C=O) groups is 1. The van der Waals surface area contributed by atoms with Gasteiger partial charge in [0.1, 0.15) is 5.37 Å². The van der Waals surface area contributed by atoms with Crippen molar-refractivity contribution in [2.75, 3.05) is 18.4 Å². The van der Waals surface area contributed by atoms with Crippen LogP contribution in [-0.2, 0) is 4.79 Å². The Labute approximate surface area is 172 Å². The molecule has 2 heterocycles. The van der Waals surface area contributed by atoms with Crippen molar-refractivity contribution < 1.29 is 4.79 Å². The van der Waals surface area contributed by atoms with Crippen LogP contribution in [0.25, 0.3) is 6.08 Å². The summed E-state index contributed by atoms with van der Waals surface area (Å²) in [4.78, 5) is 18.0. The van der Waals surface area contributed by atoms with Crippen LogP contribution >= 0.6 is 23.1 Å². The van der Waals surface area contributed by atoms with Crippen molar-refractivity contribution in [2.24, 2.45) is 0 Å². The summed E-state index contributed by atoms with van der Waals surface area (Å²) in [6.45, 7) is 1.30.